The summed E-state index contributed by atoms with van der Waals surface area (Å²) in [4.78, 5) is 72.7. The maximum absolute atomic E-state index is 13.1. The number of hydrogen-bond donors (Lipinski definition) is 3. The largest absolute Gasteiger partial charge is 0.472 e. The number of aliphatic hydroxyl groups excluding tert-OH is 1. The summed E-state index contributed by atoms with van der Waals surface area (Å²) < 4.78 is 68.5. The Kier molecular flexibility index (Phi) is 65.5. The van der Waals surface area contributed by atoms with Gasteiger partial charge in [-0.3, -0.25) is 37.3 Å². The van der Waals surface area contributed by atoms with Gasteiger partial charge in [-0.1, -0.05) is 337 Å². The van der Waals surface area contributed by atoms with Crippen molar-refractivity contribution in [3.63, 3.8) is 0 Å². The van der Waals surface area contributed by atoms with Crippen LogP contribution in [0.4, 0.5) is 0 Å². The number of hydrogen-bond acceptors (Lipinski definition) is 15. The molecule has 0 amide bonds. The number of phosphoric acid groups is 2. The summed E-state index contributed by atoms with van der Waals surface area (Å²) >= 11 is 0. The van der Waals surface area contributed by atoms with Gasteiger partial charge in [0.1, 0.15) is 19.3 Å². The summed E-state index contributed by atoms with van der Waals surface area (Å²) in [6.07, 6.45) is 54.0. The first kappa shape index (κ1) is 92.1. The van der Waals surface area contributed by atoms with E-state index in [1.54, 1.807) is 0 Å². The van der Waals surface area contributed by atoms with Crippen LogP contribution in [0.25, 0.3) is 0 Å². The SMILES string of the molecule is CCCCCCCCCCCCCCC(=O)O[C@H](COC(=O)CCCCCCCCCCCC)COP(=O)(O)OC[C@H](O)COP(=O)(O)OC[C@@H](COC(=O)CCCCCCCCCCCCC(C)C)OC(=O)CCCCCCCCCCCCCCCCCCC(C)C. The van der Waals surface area contributed by atoms with Crippen molar-refractivity contribution in [1.82, 2.24) is 0 Å². The topological polar surface area (TPSA) is 237 Å². The van der Waals surface area contributed by atoms with E-state index < -0.39 is 97.5 Å². The van der Waals surface area contributed by atoms with Gasteiger partial charge < -0.3 is 33.8 Å². The molecule has 3 N–H and O–H groups in total. The molecule has 0 heterocycles. The molecule has 0 aromatic carbocycles. The van der Waals surface area contributed by atoms with Crippen molar-refractivity contribution in [3.05, 3.63) is 0 Å². The Bertz CT molecular complexity index is 1820. The van der Waals surface area contributed by atoms with Crippen LogP contribution in [-0.2, 0) is 65.4 Å². The highest BCUT2D eigenvalue weighted by molar-refractivity contribution is 7.47. The van der Waals surface area contributed by atoms with E-state index >= 15 is 0 Å². The Balaban J connectivity index is 5.22. The number of phosphoric ester groups is 2. The van der Waals surface area contributed by atoms with E-state index in [1.807, 2.05) is 0 Å². The van der Waals surface area contributed by atoms with Gasteiger partial charge in [0.15, 0.2) is 12.2 Å². The second-order valence-corrected chi connectivity index (χ2v) is 30.9. The zero-order valence-corrected chi connectivity index (χ0v) is 63.1. The molecule has 0 aliphatic carbocycles. The fourth-order valence-electron chi connectivity index (χ4n) is 11.5. The molecule has 0 aliphatic rings. The number of aliphatic hydroxyl groups is 1. The Morgan fingerprint density at radius 2 is 0.489 bits per heavy atom. The summed E-state index contributed by atoms with van der Waals surface area (Å²) in [6, 6.07) is 0. The number of esters is 4. The summed E-state index contributed by atoms with van der Waals surface area (Å²) in [7, 11) is -9.91. The molecule has 0 radical (unpaired) electrons. The predicted octanol–water partition coefficient (Wildman–Crippen LogP) is 21.9. The third-order valence-electron chi connectivity index (χ3n) is 17.5. The molecule has 0 saturated heterocycles. The molecular formula is C75H146O17P2. The quantitative estimate of drug-likeness (QED) is 0.0222. The number of rotatable bonds is 74. The second kappa shape index (κ2) is 66.9. The molecule has 558 valence electrons. The van der Waals surface area contributed by atoms with Crippen molar-refractivity contribution in [2.45, 2.75) is 407 Å². The Labute approximate surface area is 575 Å². The molecule has 19 heteroatoms. The van der Waals surface area contributed by atoms with E-state index in [-0.39, 0.29) is 25.7 Å². The van der Waals surface area contributed by atoms with Gasteiger partial charge in [-0.05, 0) is 37.5 Å². The van der Waals surface area contributed by atoms with Crippen molar-refractivity contribution in [2.75, 3.05) is 39.6 Å². The molecular weight excluding hydrogens is 1230 g/mol. The van der Waals surface area contributed by atoms with E-state index in [4.69, 9.17) is 37.0 Å². The van der Waals surface area contributed by atoms with Gasteiger partial charge in [0.05, 0.1) is 26.4 Å². The number of ether oxygens (including phenoxy) is 4. The molecule has 0 spiro atoms. The summed E-state index contributed by atoms with van der Waals surface area (Å²) in [5, 5.41) is 10.6. The van der Waals surface area contributed by atoms with Crippen LogP contribution in [-0.4, -0.2) is 96.7 Å². The van der Waals surface area contributed by atoms with Crippen molar-refractivity contribution in [3.8, 4) is 0 Å². The number of carbonyl (C=O) groups is 4. The minimum absolute atomic E-state index is 0.107. The fraction of sp³-hybridized carbons (Fsp3) is 0.947. The standard InChI is InChI=1S/C75H146O17P2/c1-7-9-11-13-15-17-19-27-35-41-47-53-59-74(79)91-70(63-85-72(77)57-51-45-39-33-18-16-14-12-10-8-2)65-89-93(81,82)87-61-69(76)62-88-94(83,84)90-66-71(64-86-73(78)58-52-46-40-34-30-29-32-38-44-50-56-68(5)6)92-75(80)60-54-48-42-36-28-25-23-21-20-22-24-26-31-37-43-49-55-67(3)4/h67-71,76H,7-66H2,1-6H3,(H,81,82)(H,83,84)/t69-,70+,71+/m0/s1. The third kappa shape index (κ3) is 68.6. The first-order chi connectivity index (χ1) is 45.4. The molecule has 94 heavy (non-hydrogen) atoms. The smallest absolute Gasteiger partial charge is 0.462 e. The lowest BCUT2D eigenvalue weighted by Gasteiger charge is -2.21. The molecule has 0 saturated carbocycles. The van der Waals surface area contributed by atoms with Gasteiger partial charge in [-0.25, -0.2) is 9.13 Å². The Morgan fingerprint density at radius 3 is 0.723 bits per heavy atom. The maximum atomic E-state index is 13.1. The lowest BCUT2D eigenvalue weighted by atomic mass is 10.0. The van der Waals surface area contributed by atoms with Crippen LogP contribution in [0.15, 0.2) is 0 Å². The van der Waals surface area contributed by atoms with Crippen molar-refractivity contribution in [2.24, 2.45) is 11.8 Å². The lowest BCUT2D eigenvalue weighted by Crippen LogP contribution is -2.30. The van der Waals surface area contributed by atoms with Gasteiger partial charge in [-0.2, -0.15) is 0 Å². The predicted molar refractivity (Wildman–Crippen MR) is 381 cm³/mol. The first-order valence-corrected chi connectivity index (χ1v) is 42.0. The Hall–Kier alpha value is -1.94. The van der Waals surface area contributed by atoms with E-state index in [0.717, 1.165) is 102 Å². The highest BCUT2D eigenvalue weighted by Gasteiger charge is 2.30. The summed E-state index contributed by atoms with van der Waals surface area (Å²) in [6.45, 7) is 9.61. The van der Waals surface area contributed by atoms with Gasteiger partial charge in [0, 0.05) is 25.7 Å². The monoisotopic (exact) mass is 1380 g/mol. The van der Waals surface area contributed by atoms with Crippen LogP contribution < -0.4 is 0 Å². The van der Waals surface area contributed by atoms with Gasteiger partial charge in [0.2, 0.25) is 0 Å². The van der Waals surface area contributed by atoms with Crippen LogP contribution in [0.1, 0.15) is 388 Å². The molecule has 2 unspecified atom stereocenters. The first-order valence-electron chi connectivity index (χ1n) is 39.0. The van der Waals surface area contributed by atoms with E-state index in [1.165, 1.54) is 205 Å². The maximum Gasteiger partial charge on any atom is 0.472 e. The fourth-order valence-corrected chi connectivity index (χ4v) is 13.1. The van der Waals surface area contributed by atoms with Gasteiger partial charge in [-0.15, -0.1) is 0 Å². The molecule has 0 fully saturated rings. The second-order valence-electron chi connectivity index (χ2n) is 28.0. The minimum Gasteiger partial charge on any atom is -0.462 e. The average Bonchev–Trinajstić information content (AvgIpc) is 1.35. The highest BCUT2D eigenvalue weighted by atomic mass is 31.2. The summed E-state index contributed by atoms with van der Waals surface area (Å²) in [5.74, 6) is -0.548. The molecule has 0 rings (SSSR count). The Morgan fingerprint density at radius 1 is 0.287 bits per heavy atom. The molecule has 0 aromatic rings. The lowest BCUT2D eigenvalue weighted by molar-refractivity contribution is -0.161. The number of unbranched alkanes of at least 4 members (excludes halogenated alkanes) is 44. The van der Waals surface area contributed by atoms with E-state index in [0.29, 0.717) is 25.7 Å². The summed E-state index contributed by atoms with van der Waals surface area (Å²) in [5.41, 5.74) is 0. The van der Waals surface area contributed by atoms with Crippen molar-refractivity contribution >= 4 is 39.5 Å². The number of carbonyl (C=O) groups excluding carboxylic acids is 4. The van der Waals surface area contributed by atoms with Crippen LogP contribution in [0.2, 0.25) is 0 Å². The molecule has 0 bridgehead atoms. The average molecular weight is 1380 g/mol. The highest BCUT2D eigenvalue weighted by Crippen LogP contribution is 2.45. The van der Waals surface area contributed by atoms with E-state index in [2.05, 4.69) is 41.5 Å². The van der Waals surface area contributed by atoms with Crippen LogP contribution in [0.5, 0.6) is 0 Å². The third-order valence-corrected chi connectivity index (χ3v) is 19.4. The van der Waals surface area contributed by atoms with E-state index in [9.17, 15) is 43.2 Å². The molecule has 17 nitrogen and oxygen atoms in total. The normalized spacial score (nSPS) is 14.0. The van der Waals surface area contributed by atoms with Crippen LogP contribution in [0.3, 0.4) is 0 Å². The zero-order valence-electron chi connectivity index (χ0n) is 61.3. The van der Waals surface area contributed by atoms with Crippen LogP contribution >= 0.6 is 15.6 Å². The zero-order chi connectivity index (χ0) is 69.3. The van der Waals surface area contributed by atoms with Gasteiger partial charge in [0.25, 0.3) is 0 Å². The van der Waals surface area contributed by atoms with Crippen LogP contribution in [0, 0.1) is 11.8 Å². The molecule has 0 aliphatic heterocycles. The van der Waals surface area contributed by atoms with Crippen molar-refractivity contribution < 1.29 is 80.2 Å². The van der Waals surface area contributed by atoms with Gasteiger partial charge >= 0.3 is 39.5 Å². The minimum atomic E-state index is -4.96. The van der Waals surface area contributed by atoms with Crippen molar-refractivity contribution in [1.29, 1.82) is 0 Å². The molecule has 0 aromatic heterocycles. The molecule has 5 atom stereocenters.